The van der Waals surface area contributed by atoms with Crippen LogP contribution in [0, 0.1) is 11.3 Å². The number of nitrogens with two attached hydrogens (primary N) is 1. The summed E-state index contributed by atoms with van der Waals surface area (Å²) in [7, 11) is -3.78. The van der Waals surface area contributed by atoms with Crippen LogP contribution in [0.3, 0.4) is 0 Å². The molecule has 3 rings (SSSR count). The molecule has 0 spiro atoms. The maximum absolute atomic E-state index is 12.8. The van der Waals surface area contributed by atoms with E-state index in [0.29, 0.717) is 11.4 Å². The van der Waals surface area contributed by atoms with Gasteiger partial charge in [-0.25, -0.2) is 13.1 Å². The zero-order valence-corrected chi connectivity index (χ0v) is 15.6. The van der Waals surface area contributed by atoms with Crippen molar-refractivity contribution in [3.63, 3.8) is 0 Å². The van der Waals surface area contributed by atoms with Crippen molar-refractivity contribution in [2.45, 2.75) is 24.7 Å². The van der Waals surface area contributed by atoms with E-state index < -0.39 is 10.0 Å². The van der Waals surface area contributed by atoms with Crippen molar-refractivity contribution < 1.29 is 8.42 Å². The Morgan fingerprint density at radius 2 is 1.89 bits per heavy atom. The molecule has 0 radical (unpaired) electrons. The van der Waals surface area contributed by atoms with Crippen LogP contribution in [0.1, 0.15) is 24.5 Å². The van der Waals surface area contributed by atoms with E-state index in [0.717, 1.165) is 18.4 Å². The molecule has 7 nitrogen and oxygen atoms in total. The maximum atomic E-state index is 12.8. The van der Waals surface area contributed by atoms with Crippen molar-refractivity contribution in [3.05, 3.63) is 65.9 Å². The fourth-order valence-corrected chi connectivity index (χ4v) is 3.78. The molecule has 27 heavy (non-hydrogen) atoms. The molecule has 0 saturated heterocycles. The van der Waals surface area contributed by atoms with Gasteiger partial charge in [0.15, 0.2) is 0 Å². The van der Waals surface area contributed by atoms with Gasteiger partial charge in [-0.1, -0.05) is 37.6 Å². The number of nitriles is 1. The molecular formula is C19H19N5O2S. The van der Waals surface area contributed by atoms with Gasteiger partial charge in [0.2, 0.25) is 0 Å². The van der Waals surface area contributed by atoms with E-state index in [-0.39, 0.29) is 16.3 Å². The summed E-state index contributed by atoms with van der Waals surface area (Å²) in [6.07, 6.45) is 3.23. The number of rotatable bonds is 6. The van der Waals surface area contributed by atoms with Crippen LogP contribution in [0.4, 0.5) is 11.5 Å². The van der Waals surface area contributed by atoms with Crippen molar-refractivity contribution >= 4 is 21.5 Å². The molecule has 0 aliphatic rings. The summed E-state index contributed by atoms with van der Waals surface area (Å²) in [6, 6.07) is 15.5. The van der Waals surface area contributed by atoms with E-state index in [1.807, 2.05) is 18.2 Å². The van der Waals surface area contributed by atoms with E-state index in [2.05, 4.69) is 16.7 Å². The van der Waals surface area contributed by atoms with E-state index in [9.17, 15) is 8.42 Å². The third-order valence-corrected chi connectivity index (χ3v) is 5.46. The van der Waals surface area contributed by atoms with Crippen LogP contribution < -0.4 is 10.5 Å². The second-order valence-electron chi connectivity index (χ2n) is 5.98. The molecule has 0 amide bonds. The van der Waals surface area contributed by atoms with Crippen LogP contribution in [0.5, 0.6) is 0 Å². The Balaban J connectivity index is 1.96. The van der Waals surface area contributed by atoms with Gasteiger partial charge in [-0.15, -0.1) is 0 Å². The molecular weight excluding hydrogens is 362 g/mol. The summed E-state index contributed by atoms with van der Waals surface area (Å²) >= 11 is 0. The van der Waals surface area contributed by atoms with Gasteiger partial charge in [-0.2, -0.15) is 10.4 Å². The van der Waals surface area contributed by atoms with Crippen LogP contribution in [0.2, 0.25) is 0 Å². The largest absolute Gasteiger partial charge is 0.382 e. The predicted octanol–water partition coefficient (Wildman–Crippen LogP) is 3.08. The highest BCUT2D eigenvalue weighted by Crippen LogP contribution is 2.26. The number of hydrogen-bond donors (Lipinski definition) is 2. The summed E-state index contributed by atoms with van der Waals surface area (Å²) in [5, 5.41) is 13.1. The summed E-state index contributed by atoms with van der Waals surface area (Å²) in [5.74, 6) is 0.146. The first kappa shape index (κ1) is 18.5. The van der Waals surface area contributed by atoms with Crippen LogP contribution in [0.15, 0.2) is 59.6 Å². The fourth-order valence-electron chi connectivity index (χ4n) is 2.71. The second-order valence-corrected chi connectivity index (χ2v) is 7.67. The number of nitrogen functional groups attached to an aromatic ring is 1. The van der Waals surface area contributed by atoms with Crippen molar-refractivity contribution in [2.75, 3.05) is 10.5 Å². The highest BCUT2D eigenvalue weighted by atomic mass is 32.2. The topological polar surface area (TPSA) is 114 Å². The van der Waals surface area contributed by atoms with Gasteiger partial charge in [-0.05, 0) is 36.2 Å². The average molecular weight is 381 g/mol. The van der Waals surface area contributed by atoms with E-state index in [1.54, 1.807) is 36.4 Å². The highest BCUT2D eigenvalue weighted by Gasteiger charge is 2.18. The minimum absolute atomic E-state index is 0.146. The van der Waals surface area contributed by atoms with E-state index in [1.165, 1.54) is 10.9 Å². The molecule has 0 aliphatic carbocycles. The number of benzene rings is 2. The summed E-state index contributed by atoms with van der Waals surface area (Å²) in [4.78, 5) is 0.170. The van der Waals surface area contributed by atoms with E-state index >= 15 is 0 Å². The van der Waals surface area contributed by atoms with Gasteiger partial charge >= 0.3 is 0 Å². The molecule has 0 aliphatic heterocycles. The number of para-hydroxylation sites is 2. The Labute approximate surface area is 158 Å². The normalized spacial score (nSPS) is 11.1. The van der Waals surface area contributed by atoms with Gasteiger partial charge in [0, 0.05) is 0 Å². The molecule has 2 aromatic carbocycles. The SMILES string of the molecule is CCCc1ccc(S(=O)(=O)Nc2ccccc2-n2ncc(C#N)c2N)cc1. The van der Waals surface area contributed by atoms with Crippen molar-refractivity contribution in [2.24, 2.45) is 0 Å². The van der Waals surface area contributed by atoms with Gasteiger partial charge < -0.3 is 5.73 Å². The Morgan fingerprint density at radius 3 is 2.52 bits per heavy atom. The molecule has 1 aromatic heterocycles. The second kappa shape index (κ2) is 7.51. The van der Waals surface area contributed by atoms with Crippen LogP contribution in [0.25, 0.3) is 5.69 Å². The quantitative estimate of drug-likeness (QED) is 0.681. The maximum Gasteiger partial charge on any atom is 0.261 e. The molecule has 3 aromatic rings. The molecule has 3 N–H and O–H groups in total. The number of aryl methyl sites for hydroxylation is 1. The highest BCUT2D eigenvalue weighted by molar-refractivity contribution is 7.92. The molecule has 0 unspecified atom stereocenters. The Bertz CT molecular complexity index is 1100. The number of aromatic nitrogens is 2. The molecule has 0 fully saturated rings. The molecule has 0 saturated carbocycles. The summed E-state index contributed by atoms with van der Waals surface area (Å²) < 4.78 is 29.5. The first-order valence-electron chi connectivity index (χ1n) is 8.41. The summed E-state index contributed by atoms with van der Waals surface area (Å²) in [6.45, 7) is 2.07. The zero-order chi connectivity index (χ0) is 19.4. The monoisotopic (exact) mass is 381 g/mol. The molecule has 0 atom stereocenters. The Kier molecular flexibility index (Phi) is 5.14. The third-order valence-electron chi connectivity index (χ3n) is 4.08. The lowest BCUT2D eigenvalue weighted by Crippen LogP contribution is -2.15. The smallest absolute Gasteiger partial charge is 0.261 e. The molecule has 138 valence electrons. The van der Waals surface area contributed by atoms with Crippen LogP contribution in [-0.2, 0) is 16.4 Å². The van der Waals surface area contributed by atoms with Crippen LogP contribution in [-0.4, -0.2) is 18.2 Å². The first-order chi connectivity index (χ1) is 13.0. The standard InChI is InChI=1S/C19H19N5O2S/c1-2-5-14-8-10-16(11-9-14)27(25,26)23-17-6-3-4-7-18(17)24-19(21)15(12-20)13-22-24/h3-4,6-11,13,23H,2,5,21H2,1H3. The van der Waals surface area contributed by atoms with Crippen LogP contribution >= 0.6 is 0 Å². The number of nitrogens with zero attached hydrogens (tertiary/aromatic N) is 3. The molecule has 0 bridgehead atoms. The van der Waals surface area contributed by atoms with Gasteiger partial charge in [0.05, 0.1) is 22.5 Å². The van der Waals surface area contributed by atoms with Gasteiger partial charge in [0.1, 0.15) is 17.5 Å². The number of sulfonamides is 1. The molecule has 1 heterocycles. The van der Waals surface area contributed by atoms with Crippen molar-refractivity contribution in [3.8, 4) is 11.8 Å². The third kappa shape index (κ3) is 3.78. The lowest BCUT2D eigenvalue weighted by atomic mass is 10.1. The Morgan fingerprint density at radius 1 is 1.19 bits per heavy atom. The number of anilines is 2. The number of hydrogen-bond acceptors (Lipinski definition) is 5. The summed E-state index contributed by atoms with van der Waals surface area (Å²) in [5.41, 5.74) is 7.99. The Hall–Kier alpha value is -3.31. The fraction of sp³-hybridized carbons (Fsp3) is 0.158. The van der Waals surface area contributed by atoms with Gasteiger partial charge in [-0.3, -0.25) is 4.72 Å². The number of nitrogens with one attached hydrogen (secondary N) is 1. The van der Waals surface area contributed by atoms with Crippen molar-refractivity contribution in [1.29, 1.82) is 5.26 Å². The minimum atomic E-state index is -3.78. The van der Waals surface area contributed by atoms with Crippen molar-refractivity contribution in [1.82, 2.24) is 9.78 Å². The lowest BCUT2D eigenvalue weighted by molar-refractivity contribution is 0.601. The average Bonchev–Trinajstić information content (AvgIpc) is 3.03. The first-order valence-corrected chi connectivity index (χ1v) is 9.89. The lowest BCUT2D eigenvalue weighted by Gasteiger charge is -2.13. The predicted molar refractivity (Wildman–Crippen MR) is 104 cm³/mol. The van der Waals surface area contributed by atoms with Gasteiger partial charge in [0.25, 0.3) is 10.0 Å². The molecule has 8 heteroatoms. The van der Waals surface area contributed by atoms with E-state index in [4.69, 9.17) is 11.0 Å². The zero-order valence-electron chi connectivity index (χ0n) is 14.8. The minimum Gasteiger partial charge on any atom is -0.382 e.